The first-order valence-electron chi connectivity index (χ1n) is 8.45. The van der Waals surface area contributed by atoms with Gasteiger partial charge in [0.15, 0.2) is 5.76 Å². The van der Waals surface area contributed by atoms with Gasteiger partial charge < -0.3 is 19.5 Å². The molecular weight excluding hydrogens is 318 g/mol. The van der Waals surface area contributed by atoms with Gasteiger partial charge in [0.1, 0.15) is 0 Å². The minimum atomic E-state index is -0.0888. The number of piperidine rings is 1. The predicted octanol–water partition coefficient (Wildman–Crippen LogP) is 2.38. The lowest BCUT2D eigenvalue weighted by molar-refractivity contribution is 0.0667. The van der Waals surface area contributed by atoms with E-state index in [1.54, 1.807) is 17.0 Å². The van der Waals surface area contributed by atoms with Crippen LogP contribution in [0.3, 0.4) is 0 Å². The minimum absolute atomic E-state index is 0.0684. The van der Waals surface area contributed by atoms with Crippen LogP contribution in [0.1, 0.15) is 33.8 Å². The molecule has 1 aromatic carbocycles. The Bertz CT molecular complexity index is 715. The molecule has 1 fully saturated rings. The van der Waals surface area contributed by atoms with Gasteiger partial charge in [-0.2, -0.15) is 0 Å². The number of carbonyl (C=O) groups is 2. The number of nitrogens with zero attached hydrogens (tertiary/aromatic N) is 2. The predicted molar refractivity (Wildman–Crippen MR) is 95.9 cm³/mol. The molecule has 0 unspecified atom stereocenters. The highest BCUT2D eigenvalue weighted by molar-refractivity contribution is 5.95. The molecule has 132 valence electrons. The summed E-state index contributed by atoms with van der Waals surface area (Å²) in [5.74, 6) is 0.207. The lowest BCUT2D eigenvalue weighted by Gasteiger charge is -2.31. The molecule has 1 N–H and O–H groups in total. The van der Waals surface area contributed by atoms with Crippen LogP contribution in [-0.2, 0) is 0 Å². The van der Waals surface area contributed by atoms with Crippen LogP contribution >= 0.6 is 0 Å². The summed E-state index contributed by atoms with van der Waals surface area (Å²) in [4.78, 5) is 28.4. The molecule has 0 radical (unpaired) electrons. The first kappa shape index (κ1) is 17.1. The molecule has 1 aliphatic rings. The van der Waals surface area contributed by atoms with Crippen molar-refractivity contribution in [2.75, 3.05) is 32.1 Å². The lowest BCUT2D eigenvalue weighted by Crippen LogP contribution is -2.46. The summed E-state index contributed by atoms with van der Waals surface area (Å²) in [6, 6.07) is 11.0. The topological polar surface area (TPSA) is 65.8 Å². The van der Waals surface area contributed by atoms with Gasteiger partial charge in [0.05, 0.1) is 6.26 Å². The zero-order valence-electron chi connectivity index (χ0n) is 14.6. The maximum Gasteiger partial charge on any atom is 0.289 e. The highest BCUT2D eigenvalue weighted by Crippen LogP contribution is 2.16. The normalized spacial score (nSPS) is 15.0. The molecule has 1 saturated heterocycles. The molecule has 2 aromatic rings. The molecule has 0 atom stereocenters. The van der Waals surface area contributed by atoms with Crippen LogP contribution in [0.15, 0.2) is 47.1 Å². The number of hydrogen-bond acceptors (Lipinski definition) is 4. The van der Waals surface area contributed by atoms with Crippen LogP contribution in [0.4, 0.5) is 5.69 Å². The number of anilines is 1. The SMILES string of the molecule is CN(C)c1ccc(C(=O)NC2CCN(C(=O)c3ccco3)CC2)cc1. The number of hydrogen-bond donors (Lipinski definition) is 1. The standard InChI is InChI=1S/C19H23N3O3/c1-21(2)16-7-5-14(6-8-16)18(23)20-15-9-11-22(12-10-15)19(24)17-4-3-13-25-17/h3-8,13,15H,9-12H2,1-2H3,(H,20,23). The Hall–Kier alpha value is -2.76. The van der Waals surface area contributed by atoms with Crippen molar-refractivity contribution >= 4 is 17.5 Å². The Kier molecular flexibility index (Phi) is 5.07. The number of rotatable bonds is 4. The van der Waals surface area contributed by atoms with E-state index in [-0.39, 0.29) is 17.9 Å². The summed E-state index contributed by atoms with van der Waals surface area (Å²) in [5, 5.41) is 3.06. The Morgan fingerprint density at radius 2 is 1.80 bits per heavy atom. The largest absolute Gasteiger partial charge is 0.459 e. The van der Waals surface area contributed by atoms with Crippen LogP contribution in [0.25, 0.3) is 0 Å². The summed E-state index contributed by atoms with van der Waals surface area (Å²) in [5.41, 5.74) is 1.71. The van der Waals surface area contributed by atoms with Crippen molar-refractivity contribution in [3.05, 3.63) is 54.0 Å². The number of nitrogens with one attached hydrogen (secondary N) is 1. The van der Waals surface area contributed by atoms with E-state index in [9.17, 15) is 9.59 Å². The van der Waals surface area contributed by atoms with Crippen LogP contribution < -0.4 is 10.2 Å². The van der Waals surface area contributed by atoms with E-state index in [0.717, 1.165) is 18.5 Å². The molecule has 2 amide bonds. The van der Waals surface area contributed by atoms with Gasteiger partial charge in [0.2, 0.25) is 0 Å². The fourth-order valence-corrected chi connectivity index (χ4v) is 2.96. The average molecular weight is 341 g/mol. The summed E-state index contributed by atoms with van der Waals surface area (Å²) in [6.45, 7) is 1.23. The van der Waals surface area contributed by atoms with Crippen molar-refractivity contribution in [1.29, 1.82) is 0 Å². The molecule has 0 aliphatic carbocycles. The molecule has 3 rings (SSSR count). The second-order valence-electron chi connectivity index (χ2n) is 6.46. The minimum Gasteiger partial charge on any atom is -0.459 e. The summed E-state index contributed by atoms with van der Waals surface area (Å²) < 4.78 is 5.16. The first-order valence-corrected chi connectivity index (χ1v) is 8.45. The van der Waals surface area contributed by atoms with E-state index in [0.29, 0.717) is 24.4 Å². The first-order chi connectivity index (χ1) is 12.0. The molecule has 1 aliphatic heterocycles. The number of amides is 2. The van der Waals surface area contributed by atoms with E-state index < -0.39 is 0 Å². The van der Waals surface area contributed by atoms with Crippen LogP contribution in [-0.4, -0.2) is 49.9 Å². The zero-order valence-corrected chi connectivity index (χ0v) is 14.6. The average Bonchev–Trinajstić information content (AvgIpc) is 3.16. The van der Waals surface area contributed by atoms with Gasteiger partial charge >= 0.3 is 0 Å². The van der Waals surface area contributed by atoms with Gasteiger partial charge in [-0.3, -0.25) is 9.59 Å². The monoisotopic (exact) mass is 341 g/mol. The smallest absolute Gasteiger partial charge is 0.289 e. The molecule has 2 heterocycles. The number of carbonyl (C=O) groups excluding carboxylic acids is 2. The van der Waals surface area contributed by atoms with Crippen LogP contribution in [0, 0.1) is 0 Å². The third kappa shape index (κ3) is 4.02. The van der Waals surface area contributed by atoms with E-state index in [1.165, 1.54) is 6.26 Å². The van der Waals surface area contributed by atoms with Crippen molar-refractivity contribution in [3.63, 3.8) is 0 Å². The highest BCUT2D eigenvalue weighted by atomic mass is 16.3. The molecule has 0 spiro atoms. The van der Waals surface area contributed by atoms with Gasteiger partial charge in [-0.1, -0.05) is 0 Å². The van der Waals surface area contributed by atoms with Gasteiger partial charge in [-0.25, -0.2) is 0 Å². The molecule has 6 heteroatoms. The van der Waals surface area contributed by atoms with Gasteiger partial charge in [-0.05, 0) is 49.2 Å². The molecular formula is C19H23N3O3. The number of furan rings is 1. The Morgan fingerprint density at radius 3 is 2.36 bits per heavy atom. The molecule has 6 nitrogen and oxygen atoms in total. The molecule has 0 saturated carbocycles. The van der Waals surface area contributed by atoms with Crippen molar-refractivity contribution in [3.8, 4) is 0 Å². The summed E-state index contributed by atoms with van der Waals surface area (Å²) in [6.07, 6.45) is 2.99. The van der Waals surface area contributed by atoms with Gasteiger partial charge in [-0.15, -0.1) is 0 Å². The van der Waals surface area contributed by atoms with E-state index in [1.807, 2.05) is 43.3 Å². The zero-order chi connectivity index (χ0) is 17.8. The fraction of sp³-hybridized carbons (Fsp3) is 0.368. The van der Waals surface area contributed by atoms with Crippen molar-refractivity contribution in [2.45, 2.75) is 18.9 Å². The third-order valence-electron chi connectivity index (χ3n) is 4.50. The van der Waals surface area contributed by atoms with E-state index in [4.69, 9.17) is 4.42 Å². The van der Waals surface area contributed by atoms with E-state index >= 15 is 0 Å². The Balaban J connectivity index is 1.51. The Labute approximate surface area is 147 Å². The maximum atomic E-state index is 12.4. The van der Waals surface area contributed by atoms with Crippen LogP contribution in [0.5, 0.6) is 0 Å². The second kappa shape index (κ2) is 7.42. The quantitative estimate of drug-likeness (QED) is 0.927. The van der Waals surface area contributed by atoms with Crippen LogP contribution in [0.2, 0.25) is 0 Å². The number of likely N-dealkylation sites (tertiary alicyclic amines) is 1. The fourth-order valence-electron chi connectivity index (χ4n) is 2.96. The molecule has 1 aromatic heterocycles. The van der Waals surface area contributed by atoms with E-state index in [2.05, 4.69) is 5.32 Å². The van der Waals surface area contributed by atoms with Gasteiger partial charge in [0.25, 0.3) is 11.8 Å². The summed E-state index contributed by atoms with van der Waals surface area (Å²) >= 11 is 0. The molecule has 0 bridgehead atoms. The highest BCUT2D eigenvalue weighted by Gasteiger charge is 2.26. The van der Waals surface area contributed by atoms with Crippen molar-refractivity contribution in [2.24, 2.45) is 0 Å². The Morgan fingerprint density at radius 1 is 1.12 bits per heavy atom. The van der Waals surface area contributed by atoms with Gasteiger partial charge in [0, 0.05) is 44.5 Å². The third-order valence-corrected chi connectivity index (χ3v) is 4.50. The molecule has 25 heavy (non-hydrogen) atoms. The maximum absolute atomic E-state index is 12.4. The number of benzene rings is 1. The van der Waals surface area contributed by atoms with Crippen molar-refractivity contribution < 1.29 is 14.0 Å². The second-order valence-corrected chi connectivity index (χ2v) is 6.46. The van der Waals surface area contributed by atoms with Crippen molar-refractivity contribution in [1.82, 2.24) is 10.2 Å². The summed E-state index contributed by atoms with van der Waals surface area (Å²) in [7, 11) is 3.93. The lowest BCUT2D eigenvalue weighted by atomic mass is 10.0.